The molecule has 33 heavy (non-hydrogen) atoms. The van der Waals surface area contributed by atoms with Crippen molar-refractivity contribution >= 4 is 40.0 Å². The number of nitrogens with zero attached hydrogens (tertiary/aromatic N) is 6. The number of ether oxygens (including phenoxy) is 1. The van der Waals surface area contributed by atoms with Crippen LogP contribution in [0, 0.1) is 6.92 Å². The fourth-order valence-electron chi connectivity index (χ4n) is 4.46. The normalized spacial score (nSPS) is 16.5. The van der Waals surface area contributed by atoms with Crippen molar-refractivity contribution < 1.29 is 9.53 Å². The Morgan fingerprint density at radius 1 is 1.15 bits per heavy atom. The Morgan fingerprint density at radius 3 is 2.67 bits per heavy atom. The number of carbonyl (C=O) groups is 1. The summed E-state index contributed by atoms with van der Waals surface area (Å²) in [6.45, 7) is 5.95. The zero-order valence-electron chi connectivity index (χ0n) is 18.8. The van der Waals surface area contributed by atoms with Crippen LogP contribution in [0.2, 0.25) is 5.02 Å². The molecule has 1 atom stereocenters. The largest absolute Gasteiger partial charge is 0.497 e. The van der Waals surface area contributed by atoms with Gasteiger partial charge >= 0.3 is 0 Å². The van der Waals surface area contributed by atoms with Crippen molar-refractivity contribution in [1.82, 2.24) is 24.5 Å². The minimum atomic E-state index is 0.0354. The molecule has 1 amide bonds. The Morgan fingerprint density at radius 2 is 1.94 bits per heavy atom. The second-order valence-electron chi connectivity index (χ2n) is 8.39. The van der Waals surface area contributed by atoms with Gasteiger partial charge in [-0.05, 0) is 49.7 Å². The lowest BCUT2D eigenvalue weighted by atomic mass is 10.1. The van der Waals surface area contributed by atoms with E-state index in [0.29, 0.717) is 31.1 Å². The van der Waals surface area contributed by atoms with Crippen LogP contribution in [0.4, 0.5) is 5.95 Å². The third kappa shape index (κ3) is 3.95. The molecule has 0 N–H and O–H groups in total. The van der Waals surface area contributed by atoms with Crippen LogP contribution in [0.5, 0.6) is 5.75 Å². The summed E-state index contributed by atoms with van der Waals surface area (Å²) in [5, 5.41) is 10.2. The summed E-state index contributed by atoms with van der Waals surface area (Å²) in [4.78, 5) is 22.1. The summed E-state index contributed by atoms with van der Waals surface area (Å²) in [5.41, 5.74) is 2.52. The van der Waals surface area contributed by atoms with E-state index < -0.39 is 0 Å². The number of hydrogen-bond acceptors (Lipinski definition) is 6. The van der Waals surface area contributed by atoms with Crippen LogP contribution in [0.3, 0.4) is 0 Å². The molecule has 0 saturated carbocycles. The highest BCUT2D eigenvalue weighted by atomic mass is 35.5. The Labute approximate surface area is 196 Å². The molecule has 3 heterocycles. The Bertz CT molecular complexity index is 1340. The van der Waals surface area contributed by atoms with Gasteiger partial charge in [0.15, 0.2) is 5.65 Å². The number of anilines is 1. The molecule has 0 aliphatic carbocycles. The molecule has 8 nitrogen and oxygen atoms in total. The summed E-state index contributed by atoms with van der Waals surface area (Å²) in [7, 11) is 1.63. The first-order chi connectivity index (χ1) is 15.9. The van der Waals surface area contributed by atoms with Crippen LogP contribution in [-0.2, 0) is 11.2 Å². The molecule has 1 saturated heterocycles. The first-order valence-corrected chi connectivity index (χ1v) is 11.3. The maximum Gasteiger partial charge on any atom is 0.227 e. The Kier molecular flexibility index (Phi) is 5.54. The number of piperazine rings is 1. The predicted molar refractivity (Wildman–Crippen MR) is 128 cm³/mol. The van der Waals surface area contributed by atoms with Gasteiger partial charge in [-0.1, -0.05) is 23.7 Å². The maximum absolute atomic E-state index is 13.0. The van der Waals surface area contributed by atoms with Crippen molar-refractivity contribution in [3.05, 3.63) is 58.9 Å². The molecule has 1 aliphatic rings. The highest BCUT2D eigenvalue weighted by Crippen LogP contribution is 2.27. The number of hydrogen-bond donors (Lipinski definition) is 0. The second-order valence-corrected chi connectivity index (χ2v) is 8.82. The Balaban J connectivity index is 1.39. The molecule has 0 unspecified atom stereocenters. The van der Waals surface area contributed by atoms with Crippen molar-refractivity contribution in [3.8, 4) is 5.75 Å². The molecule has 0 spiro atoms. The molecule has 2 aromatic carbocycles. The number of benzene rings is 2. The zero-order chi connectivity index (χ0) is 23.1. The lowest BCUT2D eigenvalue weighted by molar-refractivity contribution is -0.132. The van der Waals surface area contributed by atoms with Crippen LogP contribution in [-0.4, -0.2) is 63.2 Å². The average molecular weight is 465 g/mol. The summed E-state index contributed by atoms with van der Waals surface area (Å²) in [5.74, 6) is 2.45. The summed E-state index contributed by atoms with van der Waals surface area (Å²) < 4.78 is 7.19. The van der Waals surface area contributed by atoms with Crippen molar-refractivity contribution in [3.63, 3.8) is 0 Å². The van der Waals surface area contributed by atoms with Gasteiger partial charge in [-0.3, -0.25) is 4.79 Å². The molecule has 2 aromatic heterocycles. The van der Waals surface area contributed by atoms with E-state index in [1.54, 1.807) is 7.11 Å². The molecule has 170 valence electrons. The van der Waals surface area contributed by atoms with Crippen LogP contribution < -0.4 is 9.64 Å². The molecule has 5 rings (SSSR count). The molecular formula is C24H25ClN6O2. The molecule has 4 aromatic rings. The SMILES string of the molecule is COc1ccc(CC(=O)N2CCN(c3nc4cc(Cl)ccc4c4nnc(C)n34)C[C@@H]2C)cc1. The highest BCUT2D eigenvalue weighted by Gasteiger charge is 2.30. The van der Waals surface area contributed by atoms with Crippen LogP contribution in [0.1, 0.15) is 18.3 Å². The molecular weight excluding hydrogens is 440 g/mol. The van der Waals surface area contributed by atoms with Gasteiger partial charge in [-0.15, -0.1) is 10.2 Å². The van der Waals surface area contributed by atoms with Gasteiger partial charge in [0.2, 0.25) is 11.9 Å². The number of aryl methyl sites for hydroxylation is 1. The first-order valence-electron chi connectivity index (χ1n) is 10.9. The topological polar surface area (TPSA) is 75.9 Å². The number of amides is 1. The first kappa shape index (κ1) is 21.5. The third-order valence-electron chi connectivity index (χ3n) is 6.19. The van der Waals surface area contributed by atoms with E-state index in [9.17, 15) is 4.79 Å². The van der Waals surface area contributed by atoms with Crippen LogP contribution in [0.15, 0.2) is 42.5 Å². The number of carbonyl (C=O) groups excluding carboxylic acids is 1. The van der Waals surface area contributed by atoms with E-state index in [0.717, 1.165) is 39.6 Å². The number of aromatic nitrogens is 4. The predicted octanol–water partition coefficient (Wildman–Crippen LogP) is 3.53. The number of halogens is 1. The van der Waals surface area contributed by atoms with Gasteiger partial charge in [0.25, 0.3) is 0 Å². The number of fused-ring (bicyclic) bond motifs is 3. The van der Waals surface area contributed by atoms with E-state index in [4.69, 9.17) is 21.3 Å². The third-order valence-corrected chi connectivity index (χ3v) is 6.43. The smallest absolute Gasteiger partial charge is 0.227 e. The summed E-state index contributed by atoms with van der Waals surface area (Å²) in [6, 6.07) is 13.3. The maximum atomic E-state index is 13.0. The van der Waals surface area contributed by atoms with E-state index in [1.807, 2.05) is 58.7 Å². The van der Waals surface area contributed by atoms with Crippen molar-refractivity contribution in [1.29, 1.82) is 0 Å². The van der Waals surface area contributed by atoms with Gasteiger partial charge in [0.05, 0.1) is 19.0 Å². The minimum Gasteiger partial charge on any atom is -0.497 e. The standard InChI is InChI=1S/C24H25ClN6O2/c1-15-14-29(10-11-30(15)22(32)12-17-4-7-19(33-3)8-5-17)24-26-21-13-18(25)6-9-20(21)23-28-27-16(2)31(23)24/h4-9,13,15H,10-12,14H2,1-3H3/t15-/m0/s1. The quantitative estimate of drug-likeness (QED) is 0.460. The van der Waals surface area contributed by atoms with Crippen molar-refractivity contribution in [2.75, 3.05) is 31.6 Å². The Hall–Kier alpha value is -3.39. The minimum absolute atomic E-state index is 0.0354. The molecule has 9 heteroatoms. The van der Waals surface area contributed by atoms with E-state index in [1.165, 1.54) is 0 Å². The summed E-state index contributed by atoms with van der Waals surface area (Å²) in [6.07, 6.45) is 0.371. The van der Waals surface area contributed by atoms with Gasteiger partial charge < -0.3 is 14.5 Å². The molecule has 0 radical (unpaired) electrons. The number of methoxy groups -OCH3 is 1. The van der Waals surface area contributed by atoms with Gasteiger partial charge in [0.1, 0.15) is 11.6 Å². The molecule has 0 bridgehead atoms. The van der Waals surface area contributed by atoms with E-state index >= 15 is 0 Å². The van der Waals surface area contributed by atoms with Gasteiger partial charge in [0, 0.05) is 36.1 Å². The number of rotatable bonds is 4. The fourth-order valence-corrected chi connectivity index (χ4v) is 4.63. The highest BCUT2D eigenvalue weighted by molar-refractivity contribution is 6.31. The van der Waals surface area contributed by atoms with Crippen LogP contribution >= 0.6 is 11.6 Å². The summed E-state index contributed by atoms with van der Waals surface area (Å²) >= 11 is 6.23. The van der Waals surface area contributed by atoms with Crippen molar-refractivity contribution in [2.24, 2.45) is 0 Å². The van der Waals surface area contributed by atoms with Crippen LogP contribution in [0.25, 0.3) is 16.6 Å². The van der Waals surface area contributed by atoms with Crippen molar-refractivity contribution in [2.45, 2.75) is 26.3 Å². The second kappa shape index (κ2) is 8.51. The lowest BCUT2D eigenvalue weighted by Gasteiger charge is -2.40. The van der Waals surface area contributed by atoms with E-state index in [-0.39, 0.29) is 11.9 Å². The molecule has 1 aliphatic heterocycles. The zero-order valence-corrected chi connectivity index (χ0v) is 19.6. The fraction of sp³-hybridized carbons (Fsp3) is 0.333. The van der Waals surface area contributed by atoms with Gasteiger partial charge in [-0.2, -0.15) is 0 Å². The van der Waals surface area contributed by atoms with E-state index in [2.05, 4.69) is 22.0 Å². The van der Waals surface area contributed by atoms with Gasteiger partial charge in [-0.25, -0.2) is 9.38 Å². The average Bonchev–Trinajstić information content (AvgIpc) is 3.20. The lowest BCUT2D eigenvalue weighted by Crippen LogP contribution is -2.55. The molecule has 1 fully saturated rings. The monoisotopic (exact) mass is 464 g/mol.